The molecule has 1 unspecified atom stereocenters. The normalized spacial score (nSPS) is 14.1. The van der Waals surface area contributed by atoms with Gasteiger partial charge < -0.3 is 11.1 Å². The molecule has 0 aliphatic rings. The molecule has 3 N–H and O–H groups in total. The fraction of sp³-hybridized carbons (Fsp3) is 0.500. The average molecular weight is 252 g/mol. The van der Waals surface area contributed by atoms with Crippen molar-refractivity contribution in [1.82, 2.24) is 5.32 Å². The third-order valence-electron chi connectivity index (χ3n) is 2.96. The summed E-state index contributed by atoms with van der Waals surface area (Å²) < 4.78 is 13.1. The lowest BCUT2D eigenvalue weighted by molar-refractivity contribution is -0.126. The van der Waals surface area contributed by atoms with Gasteiger partial charge in [0.15, 0.2) is 0 Å². The van der Waals surface area contributed by atoms with Crippen molar-refractivity contribution in [3.63, 3.8) is 0 Å². The number of aryl methyl sites for hydroxylation is 1. The summed E-state index contributed by atoms with van der Waals surface area (Å²) in [5, 5.41) is 2.78. The summed E-state index contributed by atoms with van der Waals surface area (Å²) >= 11 is 0. The van der Waals surface area contributed by atoms with E-state index in [2.05, 4.69) is 5.32 Å². The van der Waals surface area contributed by atoms with Crippen LogP contribution in [0.5, 0.6) is 0 Å². The first kappa shape index (κ1) is 14.6. The fourth-order valence-electron chi connectivity index (χ4n) is 1.83. The Morgan fingerprint density at radius 1 is 1.50 bits per heavy atom. The van der Waals surface area contributed by atoms with E-state index in [0.717, 1.165) is 12.0 Å². The van der Waals surface area contributed by atoms with Crippen LogP contribution in [0, 0.1) is 12.7 Å². The predicted octanol–water partition coefficient (Wildman–Crippen LogP) is 2.27. The molecule has 0 radical (unpaired) electrons. The Balaban J connectivity index is 2.60. The second kappa shape index (κ2) is 5.96. The van der Waals surface area contributed by atoms with E-state index in [0.29, 0.717) is 18.5 Å². The van der Waals surface area contributed by atoms with Crippen molar-refractivity contribution in [2.24, 2.45) is 5.73 Å². The first-order chi connectivity index (χ1) is 8.36. The lowest BCUT2D eigenvalue weighted by Gasteiger charge is -2.22. The maximum atomic E-state index is 13.1. The molecule has 4 heteroatoms. The highest BCUT2D eigenvalue weighted by Crippen LogP contribution is 2.11. The monoisotopic (exact) mass is 252 g/mol. The highest BCUT2D eigenvalue weighted by molar-refractivity contribution is 5.85. The van der Waals surface area contributed by atoms with Crippen LogP contribution in [0.4, 0.5) is 4.39 Å². The van der Waals surface area contributed by atoms with Crippen molar-refractivity contribution in [3.05, 3.63) is 35.1 Å². The molecule has 0 heterocycles. The molecule has 1 rings (SSSR count). The van der Waals surface area contributed by atoms with Crippen LogP contribution in [-0.4, -0.2) is 11.4 Å². The molecule has 0 aromatic heterocycles. The van der Waals surface area contributed by atoms with Crippen molar-refractivity contribution in [1.29, 1.82) is 0 Å². The summed E-state index contributed by atoms with van der Waals surface area (Å²) in [6, 6.07) is 4.80. The van der Waals surface area contributed by atoms with Crippen LogP contribution in [0.2, 0.25) is 0 Å². The van der Waals surface area contributed by atoms with Gasteiger partial charge in [-0.15, -0.1) is 0 Å². The molecule has 0 fully saturated rings. The number of amides is 1. The molecular formula is C14H21FN2O. The smallest absolute Gasteiger partial charge is 0.240 e. The lowest BCUT2D eigenvalue weighted by atomic mass is 9.96. The number of nitrogens with two attached hydrogens (primary N) is 1. The summed E-state index contributed by atoms with van der Waals surface area (Å²) in [5.74, 6) is -0.411. The van der Waals surface area contributed by atoms with Gasteiger partial charge in [-0.3, -0.25) is 4.79 Å². The number of hydrogen-bond acceptors (Lipinski definition) is 2. The Hall–Kier alpha value is -1.42. The number of nitrogens with one attached hydrogen (secondary N) is 1. The maximum Gasteiger partial charge on any atom is 0.240 e. The minimum Gasteiger partial charge on any atom is -0.350 e. The van der Waals surface area contributed by atoms with Gasteiger partial charge in [0, 0.05) is 6.54 Å². The molecule has 0 aliphatic carbocycles. The molecular weight excluding hydrogens is 231 g/mol. The summed E-state index contributed by atoms with van der Waals surface area (Å²) in [4.78, 5) is 11.9. The first-order valence-corrected chi connectivity index (χ1v) is 6.19. The van der Waals surface area contributed by atoms with Crippen LogP contribution in [-0.2, 0) is 11.3 Å². The zero-order chi connectivity index (χ0) is 13.8. The summed E-state index contributed by atoms with van der Waals surface area (Å²) in [6.45, 7) is 5.78. The topological polar surface area (TPSA) is 55.1 Å². The highest BCUT2D eigenvalue weighted by Gasteiger charge is 2.26. The molecule has 1 aromatic rings. The third-order valence-corrected chi connectivity index (χ3v) is 2.96. The Morgan fingerprint density at radius 2 is 2.17 bits per heavy atom. The summed E-state index contributed by atoms with van der Waals surface area (Å²) in [6.07, 6.45) is 1.50. The maximum absolute atomic E-state index is 13.1. The minimum absolute atomic E-state index is 0.175. The molecule has 100 valence electrons. The van der Waals surface area contributed by atoms with E-state index in [4.69, 9.17) is 5.73 Å². The zero-order valence-electron chi connectivity index (χ0n) is 11.2. The number of halogens is 1. The summed E-state index contributed by atoms with van der Waals surface area (Å²) in [7, 11) is 0. The van der Waals surface area contributed by atoms with Gasteiger partial charge >= 0.3 is 0 Å². The molecule has 1 atom stereocenters. The van der Waals surface area contributed by atoms with Crippen molar-refractivity contribution >= 4 is 5.91 Å². The van der Waals surface area contributed by atoms with E-state index >= 15 is 0 Å². The van der Waals surface area contributed by atoms with Crippen molar-refractivity contribution < 1.29 is 9.18 Å². The summed E-state index contributed by atoms with van der Waals surface area (Å²) in [5.41, 5.74) is 6.52. The Morgan fingerprint density at radius 3 is 2.72 bits per heavy atom. The third kappa shape index (κ3) is 3.81. The minimum atomic E-state index is -0.843. The van der Waals surface area contributed by atoms with E-state index in [-0.39, 0.29) is 11.7 Å². The van der Waals surface area contributed by atoms with Gasteiger partial charge in [-0.05, 0) is 37.5 Å². The van der Waals surface area contributed by atoms with Gasteiger partial charge in [-0.2, -0.15) is 0 Å². The first-order valence-electron chi connectivity index (χ1n) is 6.19. The number of hydrogen-bond donors (Lipinski definition) is 2. The van der Waals surface area contributed by atoms with Gasteiger partial charge in [0.25, 0.3) is 0 Å². The number of benzene rings is 1. The van der Waals surface area contributed by atoms with E-state index in [9.17, 15) is 9.18 Å². The number of rotatable bonds is 5. The van der Waals surface area contributed by atoms with Crippen LogP contribution in [0.3, 0.4) is 0 Å². The van der Waals surface area contributed by atoms with Crippen LogP contribution < -0.4 is 11.1 Å². The number of carbonyl (C=O) groups excluding carboxylic acids is 1. The largest absolute Gasteiger partial charge is 0.350 e. The van der Waals surface area contributed by atoms with Crippen LogP contribution in [0.1, 0.15) is 37.8 Å². The van der Waals surface area contributed by atoms with Crippen molar-refractivity contribution in [2.45, 2.75) is 45.7 Å². The van der Waals surface area contributed by atoms with Crippen LogP contribution in [0.25, 0.3) is 0 Å². The van der Waals surface area contributed by atoms with Gasteiger partial charge in [-0.1, -0.05) is 25.5 Å². The van der Waals surface area contributed by atoms with E-state index in [1.165, 1.54) is 6.07 Å². The van der Waals surface area contributed by atoms with Crippen LogP contribution >= 0.6 is 0 Å². The van der Waals surface area contributed by atoms with E-state index < -0.39 is 5.54 Å². The SMILES string of the molecule is CCCC(C)(N)C(=O)NCc1ccc(F)c(C)c1. The van der Waals surface area contributed by atoms with Crippen LogP contribution in [0.15, 0.2) is 18.2 Å². The average Bonchev–Trinajstić information content (AvgIpc) is 2.30. The van der Waals surface area contributed by atoms with Gasteiger partial charge in [0.05, 0.1) is 5.54 Å². The lowest BCUT2D eigenvalue weighted by Crippen LogP contribution is -2.51. The molecule has 0 spiro atoms. The molecule has 0 aliphatic heterocycles. The van der Waals surface area contributed by atoms with Gasteiger partial charge in [0.1, 0.15) is 5.82 Å². The Bertz CT molecular complexity index is 430. The molecule has 0 bridgehead atoms. The Kier molecular flexibility index (Phi) is 4.84. The van der Waals surface area contributed by atoms with Gasteiger partial charge in [0.2, 0.25) is 5.91 Å². The Labute approximate surface area is 108 Å². The second-order valence-corrected chi connectivity index (χ2v) is 4.93. The predicted molar refractivity (Wildman–Crippen MR) is 70.5 cm³/mol. The number of carbonyl (C=O) groups is 1. The fourth-order valence-corrected chi connectivity index (χ4v) is 1.83. The quantitative estimate of drug-likeness (QED) is 0.844. The van der Waals surface area contributed by atoms with Crippen molar-refractivity contribution in [3.8, 4) is 0 Å². The molecule has 1 aromatic carbocycles. The second-order valence-electron chi connectivity index (χ2n) is 4.93. The molecule has 0 saturated heterocycles. The molecule has 3 nitrogen and oxygen atoms in total. The van der Waals surface area contributed by atoms with E-state index in [1.54, 1.807) is 26.0 Å². The molecule has 0 saturated carbocycles. The molecule has 18 heavy (non-hydrogen) atoms. The van der Waals surface area contributed by atoms with Crippen molar-refractivity contribution in [2.75, 3.05) is 0 Å². The highest BCUT2D eigenvalue weighted by atomic mass is 19.1. The van der Waals surface area contributed by atoms with Gasteiger partial charge in [-0.25, -0.2) is 4.39 Å². The zero-order valence-corrected chi connectivity index (χ0v) is 11.2. The van der Waals surface area contributed by atoms with E-state index in [1.807, 2.05) is 6.92 Å². The molecule has 1 amide bonds. The standard InChI is InChI=1S/C14H21FN2O/c1-4-7-14(3,16)13(18)17-9-11-5-6-12(15)10(2)8-11/h5-6,8H,4,7,9,16H2,1-3H3,(H,17,18).